The first-order valence-corrected chi connectivity index (χ1v) is 9.43. The van der Waals surface area contributed by atoms with Crippen molar-refractivity contribution in [2.24, 2.45) is 5.73 Å². The number of carbonyl (C=O) groups is 2. The van der Waals surface area contributed by atoms with Crippen LogP contribution in [0.5, 0.6) is 5.88 Å². The van der Waals surface area contributed by atoms with Crippen molar-refractivity contribution in [1.82, 2.24) is 10.3 Å². The molecule has 0 aliphatic heterocycles. The summed E-state index contributed by atoms with van der Waals surface area (Å²) in [4.78, 5) is 28.2. The van der Waals surface area contributed by atoms with Crippen molar-refractivity contribution >= 4 is 17.7 Å². The summed E-state index contributed by atoms with van der Waals surface area (Å²) < 4.78 is 5.92. The third-order valence-corrected chi connectivity index (χ3v) is 4.67. The minimum absolute atomic E-state index is 0.0171. The van der Waals surface area contributed by atoms with Gasteiger partial charge >= 0.3 is 5.97 Å². The molecule has 0 atom stereocenters. The molecule has 0 bridgehead atoms. The monoisotopic (exact) mass is 418 g/mol. The summed E-state index contributed by atoms with van der Waals surface area (Å²) >= 11 is 0. The Balaban J connectivity index is 1.97. The van der Waals surface area contributed by atoms with Crippen LogP contribution in [0.3, 0.4) is 0 Å². The first-order chi connectivity index (χ1) is 14.8. The van der Waals surface area contributed by atoms with Gasteiger partial charge in [0.25, 0.3) is 5.91 Å². The average molecular weight is 418 g/mol. The van der Waals surface area contributed by atoms with Gasteiger partial charge in [-0.25, -0.2) is 9.78 Å². The molecule has 0 aliphatic carbocycles. The highest BCUT2D eigenvalue weighted by Gasteiger charge is 2.19. The van der Waals surface area contributed by atoms with Crippen LogP contribution in [-0.4, -0.2) is 34.9 Å². The number of pyridine rings is 1. The summed E-state index contributed by atoms with van der Waals surface area (Å²) in [6.45, 7) is 2.01. The van der Waals surface area contributed by atoms with Gasteiger partial charge < -0.3 is 20.9 Å². The quantitative estimate of drug-likeness (QED) is 0.344. The Morgan fingerprint density at radius 3 is 2.32 bits per heavy atom. The second-order valence-electron chi connectivity index (χ2n) is 6.85. The van der Waals surface area contributed by atoms with Crippen LogP contribution in [0.1, 0.15) is 37.5 Å². The van der Waals surface area contributed by atoms with Gasteiger partial charge in [0.2, 0.25) is 5.88 Å². The highest BCUT2D eigenvalue weighted by Crippen LogP contribution is 2.32. The zero-order valence-corrected chi connectivity index (χ0v) is 17.1. The molecule has 1 amide bonds. The smallest absolute Gasteiger partial charge is 0.336 e. The average Bonchev–Trinajstić information content (AvgIpc) is 2.77. The number of nitrogens with two attached hydrogens (primary N) is 1. The zero-order valence-electron chi connectivity index (χ0n) is 17.1. The fraction of sp³-hybridized carbons (Fsp3) is 0.130. The molecule has 2 aromatic carbocycles. The van der Waals surface area contributed by atoms with Crippen molar-refractivity contribution in [3.63, 3.8) is 0 Å². The van der Waals surface area contributed by atoms with E-state index in [1.807, 2.05) is 6.92 Å². The Morgan fingerprint density at radius 2 is 1.71 bits per heavy atom. The molecule has 3 aromatic rings. The number of ether oxygens (including phenoxy) is 1. The predicted octanol–water partition coefficient (Wildman–Crippen LogP) is 2.98. The van der Waals surface area contributed by atoms with Crippen molar-refractivity contribution in [2.75, 3.05) is 7.05 Å². The summed E-state index contributed by atoms with van der Waals surface area (Å²) in [7, 11) is 1.48. The van der Waals surface area contributed by atoms with E-state index >= 15 is 0 Å². The number of aromatic carboxylic acids is 1. The second-order valence-corrected chi connectivity index (χ2v) is 6.85. The van der Waals surface area contributed by atoms with Gasteiger partial charge in [-0.05, 0) is 36.8 Å². The lowest BCUT2D eigenvalue weighted by molar-refractivity contribution is 0.0697. The number of nitrogen functional groups attached to an aromatic ring is 1. The molecule has 1 heterocycles. The molecule has 0 unspecified atom stereocenters. The number of nitrogens with one attached hydrogen (secondary N) is 2. The maximum atomic E-state index is 11.9. The molecule has 8 heteroatoms. The van der Waals surface area contributed by atoms with E-state index in [2.05, 4.69) is 10.3 Å². The van der Waals surface area contributed by atoms with Crippen molar-refractivity contribution in [3.05, 3.63) is 82.5 Å². The van der Waals surface area contributed by atoms with Crippen molar-refractivity contribution in [2.45, 2.75) is 13.5 Å². The molecule has 1 aromatic heterocycles. The van der Waals surface area contributed by atoms with Gasteiger partial charge in [-0.15, -0.1) is 0 Å². The van der Waals surface area contributed by atoms with Gasteiger partial charge in [0, 0.05) is 35.0 Å². The van der Waals surface area contributed by atoms with E-state index in [-0.39, 0.29) is 35.4 Å². The standard InChI is InChI=1S/C23H22N4O4/c1-13-3-9-18(17-10-8-16(21(28)26-2)11-19(17)23(29)30)22(27-13)31-12-14-4-6-15(7-5-14)20(24)25/h3-11H,12H2,1-2H3,(H3,24,25)(H,26,28)(H,29,30). The number of nitrogens with zero attached hydrogens (tertiary/aromatic N) is 1. The second kappa shape index (κ2) is 9.08. The minimum atomic E-state index is -1.16. The van der Waals surface area contributed by atoms with Gasteiger partial charge in [0.15, 0.2) is 0 Å². The lowest BCUT2D eigenvalue weighted by Crippen LogP contribution is -2.18. The maximum Gasteiger partial charge on any atom is 0.336 e. The van der Waals surface area contributed by atoms with E-state index < -0.39 is 5.97 Å². The van der Waals surface area contributed by atoms with Crippen LogP contribution in [-0.2, 0) is 6.61 Å². The van der Waals surface area contributed by atoms with Crippen molar-refractivity contribution in [3.8, 4) is 17.0 Å². The van der Waals surface area contributed by atoms with E-state index in [0.717, 1.165) is 5.56 Å². The summed E-state index contributed by atoms with van der Waals surface area (Å²) in [5.74, 6) is -1.27. The number of amidine groups is 1. The highest BCUT2D eigenvalue weighted by molar-refractivity contribution is 6.02. The Hall–Kier alpha value is -4.20. The van der Waals surface area contributed by atoms with Gasteiger partial charge in [0.05, 0.1) is 5.56 Å². The van der Waals surface area contributed by atoms with Crippen LogP contribution in [0.25, 0.3) is 11.1 Å². The van der Waals surface area contributed by atoms with Crippen LogP contribution in [0.4, 0.5) is 0 Å². The molecule has 158 valence electrons. The molecule has 3 rings (SSSR count). The number of hydrogen-bond donors (Lipinski definition) is 4. The number of aromatic nitrogens is 1. The SMILES string of the molecule is CNC(=O)c1ccc(-c2ccc(C)nc2OCc2ccc(C(=N)N)cc2)c(C(=O)O)c1. The Kier molecular flexibility index (Phi) is 6.30. The third kappa shape index (κ3) is 4.87. The number of hydrogen-bond acceptors (Lipinski definition) is 5. The molecular weight excluding hydrogens is 396 g/mol. The normalized spacial score (nSPS) is 10.4. The molecule has 0 saturated carbocycles. The number of carboxylic acids is 1. The predicted molar refractivity (Wildman–Crippen MR) is 117 cm³/mol. The Labute approximate surface area is 179 Å². The van der Waals surface area contributed by atoms with Crippen LogP contribution < -0.4 is 15.8 Å². The molecule has 0 aliphatic rings. The topological polar surface area (TPSA) is 138 Å². The molecule has 5 N–H and O–H groups in total. The van der Waals surface area contributed by atoms with Crippen LogP contribution in [0, 0.1) is 12.3 Å². The number of benzene rings is 2. The number of amides is 1. The van der Waals surface area contributed by atoms with Crippen molar-refractivity contribution in [1.29, 1.82) is 5.41 Å². The third-order valence-electron chi connectivity index (χ3n) is 4.67. The Morgan fingerprint density at radius 1 is 1.06 bits per heavy atom. The maximum absolute atomic E-state index is 11.9. The van der Waals surface area contributed by atoms with Gasteiger partial charge in [-0.2, -0.15) is 0 Å². The highest BCUT2D eigenvalue weighted by atomic mass is 16.5. The van der Waals surface area contributed by atoms with Crippen LogP contribution >= 0.6 is 0 Å². The van der Waals surface area contributed by atoms with Crippen LogP contribution in [0.15, 0.2) is 54.6 Å². The van der Waals surface area contributed by atoms with E-state index in [9.17, 15) is 14.7 Å². The van der Waals surface area contributed by atoms with E-state index in [4.69, 9.17) is 15.9 Å². The molecule has 0 fully saturated rings. The lowest BCUT2D eigenvalue weighted by atomic mass is 9.97. The number of carboxylic acid groups (broad SMARTS) is 1. The first kappa shape index (κ1) is 21.5. The fourth-order valence-electron chi connectivity index (χ4n) is 3.02. The van der Waals surface area contributed by atoms with E-state index in [0.29, 0.717) is 22.4 Å². The number of rotatable bonds is 7. The van der Waals surface area contributed by atoms with Gasteiger partial charge in [0.1, 0.15) is 12.4 Å². The first-order valence-electron chi connectivity index (χ1n) is 9.43. The number of aryl methyl sites for hydroxylation is 1. The van der Waals surface area contributed by atoms with E-state index in [1.54, 1.807) is 48.5 Å². The molecule has 0 spiro atoms. The molecule has 0 saturated heterocycles. The number of carbonyl (C=O) groups excluding carboxylic acids is 1. The Bertz CT molecular complexity index is 1160. The van der Waals surface area contributed by atoms with Gasteiger partial charge in [-0.1, -0.05) is 30.3 Å². The molecule has 0 radical (unpaired) electrons. The molecule has 31 heavy (non-hydrogen) atoms. The summed E-state index contributed by atoms with van der Waals surface area (Å²) in [5, 5.41) is 19.7. The summed E-state index contributed by atoms with van der Waals surface area (Å²) in [6, 6.07) is 15.0. The summed E-state index contributed by atoms with van der Waals surface area (Å²) in [6.07, 6.45) is 0. The van der Waals surface area contributed by atoms with Crippen LogP contribution in [0.2, 0.25) is 0 Å². The zero-order chi connectivity index (χ0) is 22.5. The molecule has 8 nitrogen and oxygen atoms in total. The lowest BCUT2D eigenvalue weighted by Gasteiger charge is -2.14. The fourth-order valence-corrected chi connectivity index (χ4v) is 3.02. The largest absolute Gasteiger partial charge is 0.478 e. The molecular formula is C23H22N4O4. The minimum Gasteiger partial charge on any atom is -0.478 e. The van der Waals surface area contributed by atoms with Crippen molar-refractivity contribution < 1.29 is 19.4 Å². The van der Waals surface area contributed by atoms with Gasteiger partial charge in [-0.3, -0.25) is 10.2 Å². The van der Waals surface area contributed by atoms with E-state index in [1.165, 1.54) is 13.1 Å². The summed E-state index contributed by atoms with van der Waals surface area (Å²) in [5.41, 5.74) is 8.77.